The van der Waals surface area contributed by atoms with Gasteiger partial charge < -0.3 is 0 Å². The third kappa shape index (κ3) is 136. The molecule has 0 saturated carbocycles. The third-order valence-corrected chi connectivity index (χ3v) is 0.667. The average Bonchev–Trinajstić information content (AvgIpc) is 2.60. The van der Waals surface area contributed by atoms with Gasteiger partial charge in [-0.25, -0.2) is 0 Å². The molecule has 0 radical (unpaired) electrons. The van der Waals surface area contributed by atoms with Crippen molar-refractivity contribution in [1.29, 1.82) is 0 Å². The van der Waals surface area contributed by atoms with Gasteiger partial charge in [-0.05, 0) is 0 Å². The largest absolute Gasteiger partial charge is 0.0683 e. The van der Waals surface area contributed by atoms with Crippen LogP contribution in [-0.2, 0) is 0 Å². The summed E-state index contributed by atoms with van der Waals surface area (Å²) in [5.41, 5.74) is 0. The van der Waals surface area contributed by atoms with Crippen LogP contribution in [0.2, 0.25) is 0 Å². The van der Waals surface area contributed by atoms with Gasteiger partial charge in [0.25, 0.3) is 0 Å². The zero-order chi connectivity index (χ0) is 16.2. The summed E-state index contributed by atoms with van der Waals surface area (Å²) < 4.78 is 0. The first-order valence-electron chi connectivity index (χ1n) is 8.00. The molecule has 1 rings (SSSR count). The number of rotatable bonds is 0. The topological polar surface area (TPSA) is 0 Å². The second-order valence-electron chi connectivity index (χ2n) is 1.15. The van der Waals surface area contributed by atoms with E-state index in [4.69, 9.17) is 0 Å². The van der Waals surface area contributed by atoms with E-state index in [0.29, 0.717) is 0 Å². The van der Waals surface area contributed by atoms with Crippen LogP contribution in [0.15, 0.2) is 36.4 Å². The van der Waals surface area contributed by atoms with Crippen molar-refractivity contribution in [2.45, 2.75) is 83.1 Å². The Morgan fingerprint density at radius 2 is 0.250 bits per heavy atom. The maximum absolute atomic E-state index is 2.00. The van der Waals surface area contributed by atoms with E-state index in [9.17, 15) is 0 Å². The molecule has 24 heavy (non-hydrogen) atoms. The van der Waals surface area contributed by atoms with Gasteiger partial charge in [0.2, 0.25) is 0 Å². The molecular formula is C18H42Ar6. The summed E-state index contributed by atoms with van der Waals surface area (Å²) in [4.78, 5) is 0. The smallest absolute Gasteiger partial charge is 0 e. The predicted octanol–water partition coefficient (Wildman–Crippen LogP) is 7.84. The summed E-state index contributed by atoms with van der Waals surface area (Å²) in [5.74, 6) is 0. The Morgan fingerprint density at radius 3 is 0.292 bits per heavy atom. The van der Waals surface area contributed by atoms with Crippen LogP contribution in [0, 0.1) is 226 Å². The molecule has 0 aliphatic rings. The second kappa shape index (κ2) is 151. The number of benzene rings is 1. The maximum Gasteiger partial charge on any atom is 0 e. The molecule has 0 fully saturated rings. The third-order valence-electron chi connectivity index (χ3n) is 0.667. The molecule has 0 heterocycles. The molecule has 1 aromatic rings. The Balaban J connectivity index is -0.00000000727. The molecule has 0 bridgehead atoms. The number of hydrogen-bond acceptors (Lipinski definition) is 0. The van der Waals surface area contributed by atoms with Crippen LogP contribution in [0.1, 0.15) is 83.1 Å². The number of hydrogen-bond donors (Lipinski definition) is 0. The average molecular weight is 498 g/mol. The van der Waals surface area contributed by atoms with Crippen LogP contribution < -0.4 is 0 Å². The first-order valence-corrected chi connectivity index (χ1v) is 8.00. The molecule has 0 amide bonds. The molecule has 0 aliphatic carbocycles. The van der Waals surface area contributed by atoms with Crippen molar-refractivity contribution in [3.8, 4) is 0 Å². The van der Waals surface area contributed by atoms with Crippen LogP contribution in [0.25, 0.3) is 0 Å². The zero-order valence-corrected chi connectivity index (χ0v) is 21.8. The van der Waals surface area contributed by atoms with Gasteiger partial charge in [-0.2, -0.15) is 0 Å². The first kappa shape index (κ1) is 77.4. The Morgan fingerprint density at radius 1 is 0.208 bits per heavy atom. The molecule has 0 nitrogen and oxygen atoms in total. The van der Waals surface area contributed by atoms with E-state index in [1.54, 1.807) is 0 Å². The zero-order valence-electron chi connectivity index (χ0n) is 17.6. The molecule has 0 atom stereocenters. The minimum Gasteiger partial charge on any atom is -0.0683 e. The fourth-order valence-electron chi connectivity index (χ4n) is 0.385. The molecule has 0 spiro atoms. The first-order chi connectivity index (χ1) is 9.00. The van der Waals surface area contributed by atoms with Gasteiger partial charge in [0, 0.05) is 226 Å². The Hall–Kier alpha value is 6.78. The van der Waals surface area contributed by atoms with Gasteiger partial charge in [0.15, 0.2) is 0 Å². The van der Waals surface area contributed by atoms with E-state index in [2.05, 4.69) is 0 Å². The van der Waals surface area contributed by atoms with Crippen molar-refractivity contribution in [2.24, 2.45) is 0 Å². The van der Waals surface area contributed by atoms with E-state index in [1.165, 1.54) is 0 Å². The summed E-state index contributed by atoms with van der Waals surface area (Å²) in [6.45, 7) is 24.0. The van der Waals surface area contributed by atoms with Crippen molar-refractivity contribution >= 4 is 0 Å². The van der Waals surface area contributed by atoms with E-state index in [0.717, 1.165) is 0 Å². The van der Waals surface area contributed by atoms with Crippen molar-refractivity contribution in [3.05, 3.63) is 36.4 Å². The Kier molecular flexibility index (Phi) is 487. The van der Waals surface area contributed by atoms with Crippen molar-refractivity contribution in [3.63, 3.8) is 0 Å². The van der Waals surface area contributed by atoms with Gasteiger partial charge in [-0.1, -0.05) is 119 Å². The summed E-state index contributed by atoms with van der Waals surface area (Å²) in [5, 5.41) is 0. The minimum atomic E-state index is 0. The van der Waals surface area contributed by atoms with Gasteiger partial charge in [0.05, 0.1) is 0 Å². The SMILES string of the molecule is CC.CC.CC.CC.CC.CC.[Ar].[Ar].[Ar].[Ar].[Ar].[Ar].c1ccccc1. The van der Waals surface area contributed by atoms with Crippen LogP contribution in [-0.4, -0.2) is 0 Å². The second-order valence-corrected chi connectivity index (χ2v) is 1.15. The fraction of sp³-hybridized carbons (Fsp3) is 0.667. The van der Waals surface area contributed by atoms with E-state index < -0.39 is 0 Å². The van der Waals surface area contributed by atoms with Gasteiger partial charge in [-0.3, -0.25) is 0 Å². The molecule has 0 N–H and O–H groups in total. The molecule has 0 aromatic heterocycles. The van der Waals surface area contributed by atoms with Gasteiger partial charge in [0.1, 0.15) is 0 Å². The molecule has 0 aliphatic heterocycles. The Bertz CT molecular complexity index is 91.4. The van der Waals surface area contributed by atoms with Gasteiger partial charge >= 0.3 is 0 Å². The molecule has 0 saturated heterocycles. The van der Waals surface area contributed by atoms with Crippen LogP contribution >= 0.6 is 0 Å². The molecule has 162 valence electrons. The van der Waals surface area contributed by atoms with Crippen molar-refractivity contribution in [1.82, 2.24) is 0 Å². The van der Waals surface area contributed by atoms with Crippen molar-refractivity contribution < 1.29 is 226 Å². The summed E-state index contributed by atoms with van der Waals surface area (Å²) >= 11 is 0. The summed E-state index contributed by atoms with van der Waals surface area (Å²) in [7, 11) is 0. The summed E-state index contributed by atoms with van der Waals surface area (Å²) in [6.07, 6.45) is 0. The normalized spacial score (nSPS) is 3.50. The standard InChI is InChI=1S/C6H6.6C2H6.6Ar/c1-2-4-6-5-3-1;6*1-2;;;;;;/h1-6H;6*1-2H3;;;;;;. The van der Waals surface area contributed by atoms with Crippen LogP contribution in [0.3, 0.4) is 0 Å². The summed E-state index contributed by atoms with van der Waals surface area (Å²) in [6, 6.07) is 12.0. The Labute approximate surface area is 337 Å². The van der Waals surface area contributed by atoms with Gasteiger partial charge in [-0.15, -0.1) is 0 Å². The quantitative estimate of drug-likeness (QED) is 0.342. The van der Waals surface area contributed by atoms with Crippen LogP contribution in [0.5, 0.6) is 0 Å². The maximum atomic E-state index is 2.00. The van der Waals surface area contributed by atoms with E-state index >= 15 is 0 Å². The van der Waals surface area contributed by atoms with Crippen LogP contribution in [0.4, 0.5) is 0 Å². The molecule has 1 aromatic carbocycles. The van der Waals surface area contributed by atoms with Crippen molar-refractivity contribution in [2.75, 3.05) is 0 Å². The predicted molar refractivity (Wildman–Crippen MR) is 94.5 cm³/mol. The molecule has 0 unspecified atom stereocenters. The van der Waals surface area contributed by atoms with E-state index in [1.807, 2.05) is 119 Å². The fourth-order valence-corrected chi connectivity index (χ4v) is 0.385. The molecular weight excluding hydrogens is 456 g/mol. The molecule has 6 heteroatoms. The van der Waals surface area contributed by atoms with E-state index in [-0.39, 0.29) is 226 Å². The monoisotopic (exact) mass is 498 g/mol. The minimum absolute atomic E-state index is 0.